The van der Waals surface area contributed by atoms with Crippen molar-refractivity contribution in [3.63, 3.8) is 0 Å². The highest BCUT2D eigenvalue weighted by molar-refractivity contribution is 5.71. The van der Waals surface area contributed by atoms with E-state index in [-0.39, 0.29) is 30.4 Å². The van der Waals surface area contributed by atoms with Crippen LogP contribution in [0.1, 0.15) is 32.2 Å². The number of ether oxygens (including phenoxy) is 2. The molecule has 1 aromatic carbocycles. The monoisotopic (exact) mass is 361 g/mol. The van der Waals surface area contributed by atoms with Crippen LogP contribution >= 0.6 is 0 Å². The van der Waals surface area contributed by atoms with Gasteiger partial charge in [-0.2, -0.15) is 0 Å². The third kappa shape index (κ3) is 3.32. The van der Waals surface area contributed by atoms with Crippen molar-refractivity contribution in [1.29, 1.82) is 0 Å². The third-order valence-corrected chi connectivity index (χ3v) is 3.73. The molecular formula is C17H19N3O6. The molecule has 0 saturated heterocycles. The predicted octanol–water partition coefficient (Wildman–Crippen LogP) is 3.51. The molecule has 0 saturated carbocycles. The van der Waals surface area contributed by atoms with E-state index < -0.39 is 16.6 Å². The molecular weight excluding hydrogens is 342 g/mol. The summed E-state index contributed by atoms with van der Waals surface area (Å²) in [7, 11) is 1.35. The zero-order valence-electron chi connectivity index (χ0n) is 14.9. The maximum Gasteiger partial charge on any atom is 0.411 e. The standard InChI is InChI=1S/C17H19N3O6/c1-17(2,3)26-16(21)19-8-11-13(9-19)25-15(18-11)10-6-5-7-12(20(22)23)14(10)24-4/h5-7H,8-9H2,1-4H3. The minimum absolute atomic E-state index is 0.0846. The highest BCUT2D eigenvalue weighted by Crippen LogP contribution is 2.39. The molecule has 2 aromatic rings. The van der Waals surface area contributed by atoms with Gasteiger partial charge >= 0.3 is 11.8 Å². The van der Waals surface area contributed by atoms with Crippen molar-refractivity contribution in [2.45, 2.75) is 39.5 Å². The zero-order valence-corrected chi connectivity index (χ0v) is 14.9. The fraction of sp³-hybridized carbons (Fsp3) is 0.412. The number of nitro groups is 1. The number of carbonyl (C=O) groups excluding carboxylic acids is 1. The molecule has 9 nitrogen and oxygen atoms in total. The summed E-state index contributed by atoms with van der Waals surface area (Å²) in [5.74, 6) is 0.834. The molecule has 2 heterocycles. The van der Waals surface area contributed by atoms with Crippen molar-refractivity contribution in [1.82, 2.24) is 9.88 Å². The molecule has 0 spiro atoms. The Morgan fingerprint density at radius 3 is 2.65 bits per heavy atom. The smallest absolute Gasteiger partial charge is 0.411 e. The number of nitrogens with zero attached hydrogens (tertiary/aromatic N) is 3. The fourth-order valence-electron chi connectivity index (χ4n) is 2.66. The molecule has 1 aromatic heterocycles. The molecule has 1 aliphatic rings. The normalized spacial score (nSPS) is 13.5. The van der Waals surface area contributed by atoms with Crippen LogP contribution in [0.4, 0.5) is 10.5 Å². The van der Waals surface area contributed by atoms with Gasteiger partial charge in [0.25, 0.3) is 0 Å². The average molecular weight is 361 g/mol. The molecule has 0 radical (unpaired) electrons. The summed E-state index contributed by atoms with van der Waals surface area (Å²) < 4.78 is 16.3. The van der Waals surface area contributed by atoms with Crippen molar-refractivity contribution in [3.05, 3.63) is 39.8 Å². The minimum atomic E-state index is -0.588. The Hall–Kier alpha value is -3.10. The highest BCUT2D eigenvalue weighted by atomic mass is 16.6. The van der Waals surface area contributed by atoms with Crippen LogP contribution in [0.2, 0.25) is 0 Å². The quantitative estimate of drug-likeness (QED) is 0.608. The number of hydrogen-bond donors (Lipinski definition) is 0. The second-order valence-electron chi connectivity index (χ2n) is 6.84. The van der Waals surface area contributed by atoms with Gasteiger partial charge in [-0.25, -0.2) is 9.78 Å². The summed E-state index contributed by atoms with van der Waals surface area (Å²) in [6, 6.07) is 4.53. The number of carbonyl (C=O) groups is 1. The largest absolute Gasteiger partial charge is 0.490 e. The van der Waals surface area contributed by atoms with E-state index in [0.717, 1.165) is 0 Å². The SMILES string of the molecule is COc1c(-c2nc3c(o2)CN(C(=O)OC(C)(C)C)C3)cccc1[N+](=O)[O-]. The van der Waals surface area contributed by atoms with E-state index in [4.69, 9.17) is 13.9 Å². The van der Waals surface area contributed by atoms with Gasteiger partial charge in [0, 0.05) is 6.07 Å². The van der Waals surface area contributed by atoms with Crippen LogP contribution in [0.15, 0.2) is 22.6 Å². The number of amides is 1. The number of nitro benzene ring substituents is 1. The maximum atomic E-state index is 12.1. The van der Waals surface area contributed by atoms with Gasteiger partial charge in [-0.3, -0.25) is 15.0 Å². The number of aromatic nitrogens is 1. The number of hydrogen-bond acceptors (Lipinski definition) is 7. The van der Waals surface area contributed by atoms with Crippen molar-refractivity contribution < 1.29 is 23.6 Å². The first kappa shape index (κ1) is 17.7. The molecule has 1 amide bonds. The van der Waals surface area contributed by atoms with Gasteiger partial charge in [0.15, 0.2) is 0 Å². The molecule has 0 N–H and O–H groups in total. The molecule has 9 heteroatoms. The second kappa shape index (κ2) is 6.32. The van der Waals surface area contributed by atoms with Gasteiger partial charge in [-0.1, -0.05) is 6.07 Å². The Bertz CT molecular complexity index is 844. The summed E-state index contributed by atoms with van der Waals surface area (Å²) in [6.07, 6.45) is -0.444. The first-order valence-corrected chi connectivity index (χ1v) is 7.98. The minimum Gasteiger partial charge on any atom is -0.490 e. The Kier molecular flexibility index (Phi) is 4.31. The molecule has 0 fully saturated rings. The van der Waals surface area contributed by atoms with Gasteiger partial charge in [-0.05, 0) is 26.8 Å². The van der Waals surface area contributed by atoms with E-state index in [1.54, 1.807) is 26.8 Å². The van der Waals surface area contributed by atoms with Crippen LogP contribution in [0.5, 0.6) is 5.75 Å². The molecule has 0 bridgehead atoms. The number of oxazole rings is 1. The van der Waals surface area contributed by atoms with Crippen LogP contribution in [-0.2, 0) is 17.8 Å². The number of methoxy groups -OCH3 is 1. The lowest BCUT2D eigenvalue weighted by Gasteiger charge is -2.23. The fourth-order valence-corrected chi connectivity index (χ4v) is 2.66. The van der Waals surface area contributed by atoms with Gasteiger partial charge in [0.1, 0.15) is 17.1 Å². The van der Waals surface area contributed by atoms with Crippen LogP contribution in [0.3, 0.4) is 0 Å². The van der Waals surface area contributed by atoms with Crippen molar-refractivity contribution in [2.75, 3.05) is 7.11 Å². The molecule has 0 atom stereocenters. The van der Waals surface area contributed by atoms with E-state index in [0.29, 0.717) is 17.0 Å². The van der Waals surface area contributed by atoms with Crippen LogP contribution < -0.4 is 4.74 Å². The first-order chi connectivity index (χ1) is 12.2. The van der Waals surface area contributed by atoms with E-state index in [1.165, 1.54) is 24.1 Å². The van der Waals surface area contributed by atoms with Crippen molar-refractivity contribution in [2.24, 2.45) is 0 Å². The van der Waals surface area contributed by atoms with E-state index in [9.17, 15) is 14.9 Å². The maximum absolute atomic E-state index is 12.1. The van der Waals surface area contributed by atoms with Crippen LogP contribution in [-0.4, -0.2) is 33.6 Å². The van der Waals surface area contributed by atoms with Gasteiger partial charge in [0.2, 0.25) is 11.6 Å². The summed E-state index contributed by atoms with van der Waals surface area (Å²) in [5, 5.41) is 11.2. The topological polar surface area (TPSA) is 108 Å². The Labute approximate surface area is 149 Å². The Morgan fingerprint density at radius 1 is 1.35 bits per heavy atom. The average Bonchev–Trinajstić information content (AvgIpc) is 3.11. The lowest BCUT2D eigenvalue weighted by molar-refractivity contribution is -0.385. The van der Waals surface area contributed by atoms with Gasteiger partial charge in [0.05, 0.1) is 30.7 Å². The third-order valence-electron chi connectivity index (χ3n) is 3.73. The summed E-state index contributed by atoms with van der Waals surface area (Å²) in [4.78, 5) is 28.6. The number of benzene rings is 1. The molecule has 138 valence electrons. The number of para-hydroxylation sites is 1. The van der Waals surface area contributed by atoms with Gasteiger partial charge in [-0.15, -0.1) is 0 Å². The Balaban J connectivity index is 1.85. The van der Waals surface area contributed by atoms with Crippen molar-refractivity contribution >= 4 is 11.8 Å². The lowest BCUT2D eigenvalue weighted by atomic mass is 10.1. The zero-order chi connectivity index (χ0) is 19.1. The predicted molar refractivity (Wildman–Crippen MR) is 90.6 cm³/mol. The molecule has 0 aliphatic carbocycles. The molecule has 0 unspecified atom stereocenters. The molecule has 1 aliphatic heterocycles. The van der Waals surface area contributed by atoms with Crippen LogP contribution in [0.25, 0.3) is 11.5 Å². The summed E-state index contributed by atoms with van der Waals surface area (Å²) in [5.41, 5.74) is 0.230. The number of fused-ring (bicyclic) bond motifs is 1. The van der Waals surface area contributed by atoms with E-state index in [2.05, 4.69) is 4.98 Å². The summed E-state index contributed by atoms with van der Waals surface area (Å²) >= 11 is 0. The highest BCUT2D eigenvalue weighted by Gasteiger charge is 2.33. The molecule has 3 rings (SSSR count). The Morgan fingerprint density at radius 2 is 2.08 bits per heavy atom. The van der Waals surface area contributed by atoms with Crippen LogP contribution in [0, 0.1) is 10.1 Å². The number of rotatable bonds is 3. The summed E-state index contributed by atoms with van der Waals surface area (Å²) in [6.45, 7) is 5.87. The second-order valence-corrected chi connectivity index (χ2v) is 6.84. The van der Waals surface area contributed by atoms with E-state index in [1.807, 2.05) is 0 Å². The first-order valence-electron chi connectivity index (χ1n) is 7.98. The van der Waals surface area contributed by atoms with Crippen molar-refractivity contribution in [3.8, 4) is 17.2 Å². The molecule has 26 heavy (non-hydrogen) atoms. The van der Waals surface area contributed by atoms with E-state index >= 15 is 0 Å². The lowest BCUT2D eigenvalue weighted by Crippen LogP contribution is -2.33. The van der Waals surface area contributed by atoms with Gasteiger partial charge < -0.3 is 13.9 Å².